The molecule has 7 aromatic rings. The Hall–Kier alpha value is -4.53. The Morgan fingerprint density at radius 1 is 0.490 bits per heavy atom. The van der Waals surface area contributed by atoms with Gasteiger partial charge in [0.05, 0.1) is 0 Å². The van der Waals surface area contributed by atoms with Gasteiger partial charge in [-0.3, -0.25) is 0 Å². The summed E-state index contributed by atoms with van der Waals surface area (Å²) in [5.74, 6) is 0. The Labute approximate surface area is 310 Å². The van der Waals surface area contributed by atoms with Crippen LogP contribution in [0.3, 0.4) is 0 Å². The van der Waals surface area contributed by atoms with Crippen LogP contribution in [0.5, 0.6) is 0 Å². The Balaban J connectivity index is 0.000000257. The standard InChI is InChI=1S/C20H19P2.C11H8N.2C6H5.CN.Ir/c1-3-10-19(11-4-1)21-15-17-8-7-9-18(14-17)16-22-20-12-5-2-6-13-20;1-2-6-10(7-3-1)11-8-4-5-9-12-11;2*1-2-4-6-5-3-1;1-2;/h1-13,21-22H,15-16H2;1-6,8-9H;2*1-5H;;/q5*-1;. The normalized spacial score (nSPS) is 9.59. The molecule has 2 atom stereocenters. The van der Waals surface area contributed by atoms with Crippen molar-refractivity contribution in [3.05, 3.63) is 230 Å². The van der Waals surface area contributed by atoms with Crippen molar-refractivity contribution in [1.82, 2.24) is 4.98 Å². The maximum atomic E-state index is 6.25. The van der Waals surface area contributed by atoms with Gasteiger partial charge in [-0.15, -0.1) is 35.9 Å². The van der Waals surface area contributed by atoms with E-state index in [2.05, 4.69) is 108 Å². The fourth-order valence-electron chi connectivity index (χ4n) is 4.04. The second-order valence-electron chi connectivity index (χ2n) is 9.79. The molecule has 1 heterocycles. The van der Waals surface area contributed by atoms with Crippen LogP contribution < -0.4 is 10.6 Å². The zero-order valence-corrected chi connectivity index (χ0v) is 31.4. The molecule has 0 bridgehead atoms. The van der Waals surface area contributed by atoms with Gasteiger partial charge in [0.25, 0.3) is 0 Å². The molecule has 2 unspecified atom stereocenters. The molecular weight excluding hydrogens is 811 g/mol. The molecule has 247 valence electrons. The molecule has 0 saturated carbocycles. The predicted octanol–water partition coefficient (Wildman–Crippen LogP) is 10.1. The summed E-state index contributed by atoms with van der Waals surface area (Å²) in [5.41, 5.74) is 4.67. The molecule has 2 nitrogen and oxygen atoms in total. The summed E-state index contributed by atoms with van der Waals surface area (Å²) in [6, 6.07) is 73.4. The zero-order valence-electron chi connectivity index (χ0n) is 27.0. The van der Waals surface area contributed by atoms with E-state index >= 15 is 0 Å². The van der Waals surface area contributed by atoms with Gasteiger partial charge in [0.1, 0.15) is 0 Å². The van der Waals surface area contributed by atoms with E-state index in [0.29, 0.717) is 0 Å². The van der Waals surface area contributed by atoms with Gasteiger partial charge in [-0.25, -0.2) is 0 Å². The third-order valence-corrected chi connectivity index (χ3v) is 8.89. The monoisotopic (exact) mass is 848 g/mol. The number of aromatic nitrogens is 1. The van der Waals surface area contributed by atoms with Crippen molar-refractivity contribution in [1.29, 1.82) is 5.26 Å². The quantitative estimate of drug-likeness (QED) is 0.118. The second kappa shape index (κ2) is 27.4. The van der Waals surface area contributed by atoms with E-state index in [9.17, 15) is 0 Å². The van der Waals surface area contributed by atoms with Crippen LogP contribution in [-0.2, 0) is 32.4 Å². The van der Waals surface area contributed by atoms with Gasteiger partial charge >= 0.3 is 0 Å². The van der Waals surface area contributed by atoms with Crippen molar-refractivity contribution in [3.8, 4) is 11.3 Å². The summed E-state index contributed by atoms with van der Waals surface area (Å²) in [6.45, 7) is 4.75. The minimum Gasteiger partial charge on any atom is -0.512 e. The van der Waals surface area contributed by atoms with Gasteiger partial charge in [-0.05, 0) is 34.7 Å². The number of nitrogens with zero attached hydrogens (tertiary/aromatic N) is 2. The van der Waals surface area contributed by atoms with Crippen molar-refractivity contribution in [2.24, 2.45) is 0 Å². The molecular formula is C44H37IrN2P2-5. The van der Waals surface area contributed by atoms with Gasteiger partial charge in [-0.2, -0.15) is 108 Å². The Kier molecular flexibility index (Phi) is 22.7. The van der Waals surface area contributed by atoms with E-state index < -0.39 is 0 Å². The summed E-state index contributed by atoms with van der Waals surface area (Å²) in [5, 5.41) is 9.10. The maximum absolute atomic E-state index is 6.25. The summed E-state index contributed by atoms with van der Waals surface area (Å²) in [6.07, 6.45) is 3.97. The zero-order chi connectivity index (χ0) is 33.7. The first-order valence-electron chi connectivity index (χ1n) is 15.4. The summed E-state index contributed by atoms with van der Waals surface area (Å²) in [4.78, 5) is 4.22. The molecule has 1 radical (unpaired) electrons. The van der Waals surface area contributed by atoms with Crippen LogP contribution in [0.25, 0.3) is 11.3 Å². The van der Waals surface area contributed by atoms with Crippen LogP contribution in [0.15, 0.2) is 188 Å². The Morgan fingerprint density at radius 2 is 0.939 bits per heavy atom. The van der Waals surface area contributed by atoms with E-state index in [1.807, 2.05) is 103 Å². The van der Waals surface area contributed by atoms with Gasteiger partial charge in [0, 0.05) is 26.3 Å². The predicted molar refractivity (Wildman–Crippen MR) is 206 cm³/mol. The summed E-state index contributed by atoms with van der Waals surface area (Å²) in [7, 11) is 1.65. The van der Waals surface area contributed by atoms with Crippen molar-refractivity contribution < 1.29 is 20.1 Å². The van der Waals surface area contributed by atoms with Crippen molar-refractivity contribution in [2.45, 2.75) is 12.3 Å². The fourth-order valence-corrected chi connectivity index (χ4v) is 6.10. The average molecular weight is 848 g/mol. The molecule has 0 N–H and O–H groups in total. The molecule has 7 rings (SSSR count). The minimum atomic E-state index is 0. The molecule has 0 aliphatic rings. The van der Waals surface area contributed by atoms with Crippen LogP contribution in [0.4, 0.5) is 0 Å². The number of rotatable bonds is 7. The van der Waals surface area contributed by atoms with Crippen LogP contribution in [0.2, 0.25) is 0 Å². The number of benzene rings is 6. The van der Waals surface area contributed by atoms with E-state index in [4.69, 9.17) is 11.8 Å². The van der Waals surface area contributed by atoms with E-state index in [0.717, 1.165) is 40.7 Å². The number of hydrogen-bond acceptors (Lipinski definition) is 2. The van der Waals surface area contributed by atoms with Crippen LogP contribution >= 0.6 is 17.2 Å². The van der Waals surface area contributed by atoms with E-state index in [1.165, 1.54) is 21.7 Å². The van der Waals surface area contributed by atoms with Crippen molar-refractivity contribution >= 4 is 27.8 Å². The van der Waals surface area contributed by atoms with E-state index in [-0.39, 0.29) is 20.1 Å². The SMILES string of the molecule is [C-]#N.[Ir].[c-]1c(CPc2ccccc2)cccc1CPc1ccccc1.[c-]1ccccc1.[c-]1ccccc1.[c-]1ccccc1-c1ccccn1. The molecule has 0 spiro atoms. The molecule has 5 heteroatoms. The second-order valence-corrected chi connectivity index (χ2v) is 12.4. The van der Waals surface area contributed by atoms with Crippen molar-refractivity contribution in [3.63, 3.8) is 0 Å². The Morgan fingerprint density at radius 3 is 1.33 bits per heavy atom. The fraction of sp³-hybridized carbons (Fsp3) is 0.0455. The maximum Gasteiger partial charge on any atom is 0.0160 e. The summed E-state index contributed by atoms with van der Waals surface area (Å²) < 4.78 is 0. The first-order valence-corrected chi connectivity index (χ1v) is 17.8. The average Bonchev–Trinajstić information content (AvgIpc) is 3.21. The molecule has 49 heavy (non-hydrogen) atoms. The number of hydrogen-bond donors (Lipinski definition) is 0. The first kappa shape index (κ1) is 40.6. The van der Waals surface area contributed by atoms with Crippen molar-refractivity contribution in [2.75, 3.05) is 0 Å². The summed E-state index contributed by atoms with van der Waals surface area (Å²) >= 11 is 0. The Bertz CT molecular complexity index is 1580. The third-order valence-electron chi connectivity index (χ3n) is 6.29. The molecule has 0 amide bonds. The van der Waals surface area contributed by atoms with Gasteiger partial charge in [0.2, 0.25) is 0 Å². The van der Waals surface area contributed by atoms with Gasteiger partial charge in [-0.1, -0.05) is 90.0 Å². The molecule has 0 aliphatic heterocycles. The van der Waals surface area contributed by atoms with Crippen LogP contribution in [0, 0.1) is 36.1 Å². The third kappa shape index (κ3) is 18.6. The molecule has 6 aromatic carbocycles. The van der Waals surface area contributed by atoms with Gasteiger partial charge in [0.15, 0.2) is 0 Å². The molecule has 0 fully saturated rings. The van der Waals surface area contributed by atoms with Crippen LogP contribution in [-0.4, -0.2) is 4.98 Å². The smallest absolute Gasteiger partial charge is 0.0160 e. The largest absolute Gasteiger partial charge is 0.512 e. The number of pyridine rings is 1. The minimum absolute atomic E-state index is 0. The van der Waals surface area contributed by atoms with E-state index in [1.54, 1.807) is 6.20 Å². The molecule has 1 aromatic heterocycles. The molecule has 0 aliphatic carbocycles. The van der Waals surface area contributed by atoms with Crippen LogP contribution in [0.1, 0.15) is 11.1 Å². The van der Waals surface area contributed by atoms with Gasteiger partial charge < -0.3 is 16.8 Å². The molecule has 0 saturated heterocycles. The first-order chi connectivity index (χ1) is 23.9. The topological polar surface area (TPSA) is 36.7 Å².